The van der Waals surface area contributed by atoms with Crippen LogP contribution in [-0.2, 0) is 25.8 Å². The number of guanidine groups is 1. The molecule has 0 aliphatic heterocycles. The first kappa shape index (κ1) is 18.0. The zero-order valence-electron chi connectivity index (χ0n) is 14.8. The van der Waals surface area contributed by atoms with Crippen molar-refractivity contribution in [2.45, 2.75) is 46.6 Å². The lowest BCUT2D eigenvalue weighted by atomic mass is 10.1. The Kier molecular flexibility index (Phi) is 7.26. The lowest BCUT2D eigenvalue weighted by molar-refractivity contribution is 0.380. The molecule has 0 aliphatic rings. The molecular weight excluding hydrogens is 302 g/mol. The number of hydrogen-bond acceptors (Lipinski definition) is 4. The molecule has 2 heterocycles. The van der Waals surface area contributed by atoms with Crippen molar-refractivity contribution in [3.05, 3.63) is 47.1 Å². The van der Waals surface area contributed by atoms with Gasteiger partial charge in [-0.05, 0) is 25.5 Å². The molecule has 0 spiro atoms. The standard InChI is InChI=1S/C18H27N5O/c1-4-16-15(17(5-2)24-23-16)13-22-18(19-6-3)21-12-10-14-9-7-8-11-20-14/h7-9,11H,4-6,10,12-13H2,1-3H3,(H2,19,21,22). The van der Waals surface area contributed by atoms with Crippen LogP contribution in [-0.4, -0.2) is 29.2 Å². The van der Waals surface area contributed by atoms with Crippen molar-refractivity contribution in [1.29, 1.82) is 0 Å². The summed E-state index contributed by atoms with van der Waals surface area (Å²) >= 11 is 0. The Hall–Kier alpha value is -2.37. The summed E-state index contributed by atoms with van der Waals surface area (Å²) in [6, 6.07) is 5.97. The van der Waals surface area contributed by atoms with Gasteiger partial charge in [0.05, 0.1) is 12.2 Å². The van der Waals surface area contributed by atoms with Crippen LogP contribution in [0, 0.1) is 0 Å². The highest BCUT2D eigenvalue weighted by molar-refractivity contribution is 5.79. The molecule has 6 nitrogen and oxygen atoms in total. The second kappa shape index (κ2) is 9.70. The van der Waals surface area contributed by atoms with Crippen LogP contribution in [0.4, 0.5) is 0 Å². The first-order valence-electron chi connectivity index (χ1n) is 8.66. The lowest BCUT2D eigenvalue weighted by Gasteiger charge is -2.11. The Labute approximate surface area is 143 Å². The minimum absolute atomic E-state index is 0.578. The summed E-state index contributed by atoms with van der Waals surface area (Å²) in [4.78, 5) is 9.01. The molecule has 24 heavy (non-hydrogen) atoms. The van der Waals surface area contributed by atoms with E-state index in [1.807, 2.05) is 24.4 Å². The van der Waals surface area contributed by atoms with Crippen molar-refractivity contribution in [3.8, 4) is 0 Å². The summed E-state index contributed by atoms with van der Waals surface area (Å²) in [7, 11) is 0. The fourth-order valence-electron chi connectivity index (χ4n) is 2.47. The van der Waals surface area contributed by atoms with Gasteiger partial charge in [0.2, 0.25) is 0 Å². The van der Waals surface area contributed by atoms with Gasteiger partial charge in [0.25, 0.3) is 0 Å². The average molecular weight is 329 g/mol. The van der Waals surface area contributed by atoms with Gasteiger partial charge in [-0.3, -0.25) is 4.98 Å². The van der Waals surface area contributed by atoms with Crippen LogP contribution in [0.5, 0.6) is 0 Å². The van der Waals surface area contributed by atoms with Crippen LogP contribution >= 0.6 is 0 Å². The molecule has 2 aromatic rings. The summed E-state index contributed by atoms with van der Waals surface area (Å²) in [5, 5.41) is 10.8. The Morgan fingerprint density at radius 3 is 2.71 bits per heavy atom. The summed E-state index contributed by atoms with van der Waals surface area (Å²) in [6.07, 6.45) is 4.37. The first-order chi connectivity index (χ1) is 11.8. The van der Waals surface area contributed by atoms with Gasteiger partial charge in [0.15, 0.2) is 5.96 Å². The first-order valence-corrected chi connectivity index (χ1v) is 8.66. The van der Waals surface area contributed by atoms with E-state index in [1.165, 1.54) is 0 Å². The summed E-state index contributed by atoms with van der Waals surface area (Å²) in [5.41, 5.74) is 3.18. The summed E-state index contributed by atoms with van der Waals surface area (Å²) < 4.78 is 5.40. The van der Waals surface area contributed by atoms with Crippen molar-refractivity contribution in [2.75, 3.05) is 13.1 Å². The molecule has 2 rings (SSSR count). The van der Waals surface area contributed by atoms with Crippen molar-refractivity contribution in [3.63, 3.8) is 0 Å². The zero-order chi connectivity index (χ0) is 17.2. The molecule has 0 radical (unpaired) electrons. The minimum atomic E-state index is 0.578. The van der Waals surface area contributed by atoms with Gasteiger partial charge in [0.1, 0.15) is 5.76 Å². The molecule has 0 saturated carbocycles. The van der Waals surface area contributed by atoms with Crippen LogP contribution in [0.25, 0.3) is 0 Å². The van der Waals surface area contributed by atoms with Crippen molar-refractivity contribution in [2.24, 2.45) is 4.99 Å². The number of rotatable bonds is 8. The normalized spacial score (nSPS) is 11.5. The largest absolute Gasteiger partial charge is 0.361 e. The maximum absolute atomic E-state index is 5.40. The maximum Gasteiger partial charge on any atom is 0.191 e. The molecule has 0 bridgehead atoms. The number of aryl methyl sites for hydroxylation is 2. The molecular formula is C18H27N5O. The number of hydrogen-bond donors (Lipinski definition) is 2. The van der Waals surface area contributed by atoms with Gasteiger partial charge < -0.3 is 15.2 Å². The molecule has 0 unspecified atom stereocenters. The number of nitrogens with zero attached hydrogens (tertiary/aromatic N) is 3. The molecule has 0 aromatic carbocycles. The second-order valence-corrected chi connectivity index (χ2v) is 5.43. The fourth-order valence-corrected chi connectivity index (χ4v) is 2.47. The molecule has 0 aliphatic carbocycles. The van der Waals surface area contributed by atoms with Crippen molar-refractivity contribution in [1.82, 2.24) is 20.8 Å². The van der Waals surface area contributed by atoms with E-state index in [0.29, 0.717) is 6.54 Å². The van der Waals surface area contributed by atoms with Crippen LogP contribution in [0.1, 0.15) is 43.5 Å². The Bertz CT molecular complexity index is 615. The summed E-state index contributed by atoms with van der Waals surface area (Å²) in [5.74, 6) is 1.73. The van der Waals surface area contributed by atoms with Gasteiger partial charge in [-0.15, -0.1) is 0 Å². The third-order valence-corrected chi connectivity index (χ3v) is 3.75. The van der Waals surface area contributed by atoms with Gasteiger partial charge >= 0.3 is 0 Å². The number of aliphatic imine (C=N–C) groups is 1. The topological polar surface area (TPSA) is 75.3 Å². The highest BCUT2D eigenvalue weighted by Gasteiger charge is 2.13. The highest BCUT2D eigenvalue weighted by atomic mass is 16.5. The minimum Gasteiger partial charge on any atom is -0.361 e. The SMILES string of the molecule is CCNC(=NCc1c(CC)noc1CC)NCCc1ccccn1. The molecule has 130 valence electrons. The monoisotopic (exact) mass is 329 g/mol. The maximum atomic E-state index is 5.40. The average Bonchev–Trinajstić information content (AvgIpc) is 3.02. The van der Waals surface area contributed by atoms with E-state index in [0.717, 1.165) is 61.0 Å². The van der Waals surface area contributed by atoms with E-state index in [1.54, 1.807) is 0 Å². The fraction of sp³-hybridized carbons (Fsp3) is 0.500. The van der Waals surface area contributed by atoms with Gasteiger partial charge in [-0.2, -0.15) is 0 Å². The lowest BCUT2D eigenvalue weighted by Crippen LogP contribution is -2.38. The van der Waals surface area contributed by atoms with E-state index in [2.05, 4.69) is 46.5 Å². The van der Waals surface area contributed by atoms with Crippen LogP contribution < -0.4 is 10.6 Å². The summed E-state index contributed by atoms with van der Waals surface area (Å²) in [6.45, 7) is 8.40. The molecule has 0 fully saturated rings. The van der Waals surface area contributed by atoms with Crippen LogP contribution in [0.3, 0.4) is 0 Å². The predicted octanol–water partition coefficient (Wildman–Crippen LogP) is 2.49. The predicted molar refractivity (Wildman–Crippen MR) is 96.0 cm³/mol. The van der Waals surface area contributed by atoms with E-state index in [4.69, 9.17) is 4.52 Å². The molecule has 0 atom stereocenters. The van der Waals surface area contributed by atoms with Crippen molar-refractivity contribution >= 4 is 5.96 Å². The Morgan fingerprint density at radius 1 is 1.17 bits per heavy atom. The zero-order valence-corrected chi connectivity index (χ0v) is 14.8. The van der Waals surface area contributed by atoms with Gasteiger partial charge in [-0.25, -0.2) is 4.99 Å². The van der Waals surface area contributed by atoms with E-state index >= 15 is 0 Å². The van der Waals surface area contributed by atoms with Crippen LogP contribution in [0.2, 0.25) is 0 Å². The number of aromatic nitrogens is 2. The third-order valence-electron chi connectivity index (χ3n) is 3.75. The highest BCUT2D eigenvalue weighted by Crippen LogP contribution is 2.16. The molecule has 2 aromatic heterocycles. The van der Waals surface area contributed by atoms with Crippen LogP contribution in [0.15, 0.2) is 33.9 Å². The molecule has 2 N–H and O–H groups in total. The third kappa shape index (κ3) is 5.08. The van der Waals surface area contributed by atoms with Crippen molar-refractivity contribution < 1.29 is 4.52 Å². The van der Waals surface area contributed by atoms with Gasteiger partial charge in [0, 0.05) is 43.4 Å². The Balaban J connectivity index is 1.96. The Morgan fingerprint density at radius 2 is 2.04 bits per heavy atom. The second-order valence-electron chi connectivity index (χ2n) is 5.43. The number of nitrogens with one attached hydrogen (secondary N) is 2. The molecule has 0 amide bonds. The van der Waals surface area contributed by atoms with E-state index in [-0.39, 0.29) is 0 Å². The van der Waals surface area contributed by atoms with E-state index < -0.39 is 0 Å². The van der Waals surface area contributed by atoms with E-state index in [9.17, 15) is 0 Å². The molecule has 0 saturated heterocycles. The smallest absolute Gasteiger partial charge is 0.191 e. The quantitative estimate of drug-likeness (QED) is 0.575. The molecule has 6 heteroatoms. The van der Waals surface area contributed by atoms with Gasteiger partial charge in [-0.1, -0.05) is 25.1 Å². The number of pyridine rings is 1.